The Kier molecular flexibility index (Phi) is 6.78. The van der Waals surface area contributed by atoms with Crippen LogP contribution in [0.4, 0.5) is 4.79 Å². The van der Waals surface area contributed by atoms with E-state index in [0.29, 0.717) is 18.9 Å². The van der Waals surface area contributed by atoms with E-state index in [0.717, 1.165) is 26.1 Å². The minimum Gasteiger partial charge on any atom is -0.480 e. The van der Waals surface area contributed by atoms with Crippen molar-refractivity contribution in [3.05, 3.63) is 0 Å². The Hall–Kier alpha value is -1.30. The summed E-state index contributed by atoms with van der Waals surface area (Å²) in [6, 6.07) is -1.14. The number of hydrogen-bond acceptors (Lipinski definition) is 3. The zero-order valence-electron chi connectivity index (χ0n) is 12.6. The minimum absolute atomic E-state index is 0.0899. The van der Waals surface area contributed by atoms with Crippen molar-refractivity contribution in [2.24, 2.45) is 11.8 Å². The summed E-state index contributed by atoms with van der Waals surface area (Å²) >= 11 is 0. The Balaban J connectivity index is 2.48. The molecule has 2 unspecified atom stereocenters. The number of carboxylic acid groups (broad SMARTS) is 1. The Bertz CT molecular complexity index is 329. The molecule has 116 valence electrons. The molecule has 6 heteroatoms. The summed E-state index contributed by atoms with van der Waals surface area (Å²) in [5.41, 5.74) is 0. The van der Waals surface area contributed by atoms with Gasteiger partial charge in [0, 0.05) is 26.8 Å². The second kappa shape index (κ2) is 8.09. The van der Waals surface area contributed by atoms with Crippen LogP contribution in [0.2, 0.25) is 0 Å². The molecule has 1 rings (SSSR count). The first-order valence-corrected chi connectivity index (χ1v) is 7.27. The number of nitrogens with zero attached hydrogens (tertiary/aromatic N) is 1. The molecular formula is C14H26N2O4. The van der Waals surface area contributed by atoms with Gasteiger partial charge in [0.15, 0.2) is 0 Å². The van der Waals surface area contributed by atoms with Gasteiger partial charge in [0.05, 0.1) is 0 Å². The Morgan fingerprint density at radius 2 is 2.00 bits per heavy atom. The fourth-order valence-corrected chi connectivity index (χ4v) is 2.33. The van der Waals surface area contributed by atoms with E-state index in [2.05, 4.69) is 5.32 Å². The SMILES string of the molecule is CCC(C)C(NC(=O)N(C)CC1CCOCC1)C(=O)O. The molecule has 6 nitrogen and oxygen atoms in total. The van der Waals surface area contributed by atoms with Gasteiger partial charge in [0.2, 0.25) is 0 Å². The second-order valence-electron chi connectivity index (χ2n) is 5.59. The second-order valence-corrected chi connectivity index (χ2v) is 5.59. The molecule has 0 bridgehead atoms. The topological polar surface area (TPSA) is 78.9 Å². The predicted molar refractivity (Wildman–Crippen MR) is 75.6 cm³/mol. The average Bonchev–Trinajstić information content (AvgIpc) is 2.44. The monoisotopic (exact) mass is 286 g/mol. The molecule has 20 heavy (non-hydrogen) atoms. The number of carbonyl (C=O) groups is 2. The van der Waals surface area contributed by atoms with Crippen molar-refractivity contribution in [1.82, 2.24) is 10.2 Å². The molecule has 0 radical (unpaired) electrons. The maximum absolute atomic E-state index is 12.1. The molecule has 0 aromatic carbocycles. The first-order valence-electron chi connectivity index (χ1n) is 7.27. The molecule has 0 aromatic heterocycles. The van der Waals surface area contributed by atoms with Crippen LogP contribution in [0.1, 0.15) is 33.1 Å². The first kappa shape index (κ1) is 16.8. The predicted octanol–water partition coefficient (Wildman–Crippen LogP) is 1.55. The molecule has 0 aromatic rings. The highest BCUT2D eigenvalue weighted by Gasteiger charge is 2.27. The maximum Gasteiger partial charge on any atom is 0.326 e. The van der Waals surface area contributed by atoms with Crippen LogP contribution in [0.15, 0.2) is 0 Å². The van der Waals surface area contributed by atoms with Crippen LogP contribution in [-0.2, 0) is 9.53 Å². The third-order valence-electron chi connectivity index (χ3n) is 3.98. The fraction of sp³-hybridized carbons (Fsp3) is 0.857. The van der Waals surface area contributed by atoms with E-state index < -0.39 is 12.0 Å². The van der Waals surface area contributed by atoms with E-state index in [-0.39, 0.29) is 11.9 Å². The maximum atomic E-state index is 12.1. The highest BCUT2D eigenvalue weighted by molar-refractivity contribution is 5.82. The summed E-state index contributed by atoms with van der Waals surface area (Å²) in [6.45, 7) is 5.87. The van der Waals surface area contributed by atoms with Crippen molar-refractivity contribution in [3.8, 4) is 0 Å². The van der Waals surface area contributed by atoms with Gasteiger partial charge in [-0.15, -0.1) is 0 Å². The van der Waals surface area contributed by atoms with Gasteiger partial charge in [-0.25, -0.2) is 9.59 Å². The van der Waals surface area contributed by atoms with Crippen molar-refractivity contribution in [1.29, 1.82) is 0 Å². The van der Waals surface area contributed by atoms with Crippen LogP contribution < -0.4 is 5.32 Å². The van der Waals surface area contributed by atoms with E-state index in [4.69, 9.17) is 4.74 Å². The largest absolute Gasteiger partial charge is 0.480 e. The van der Waals surface area contributed by atoms with Crippen LogP contribution in [0.5, 0.6) is 0 Å². The van der Waals surface area contributed by atoms with Gasteiger partial charge in [0.1, 0.15) is 6.04 Å². The third-order valence-corrected chi connectivity index (χ3v) is 3.98. The number of aliphatic carboxylic acids is 1. The Morgan fingerprint density at radius 1 is 1.40 bits per heavy atom. The summed E-state index contributed by atoms with van der Waals surface area (Å²) < 4.78 is 5.29. The van der Waals surface area contributed by atoms with Crippen molar-refractivity contribution < 1.29 is 19.4 Å². The molecule has 2 atom stereocenters. The van der Waals surface area contributed by atoms with Crippen LogP contribution in [0.3, 0.4) is 0 Å². The van der Waals surface area contributed by atoms with Gasteiger partial charge in [0.25, 0.3) is 0 Å². The summed E-state index contributed by atoms with van der Waals surface area (Å²) in [5.74, 6) is -0.633. The Morgan fingerprint density at radius 3 is 2.50 bits per heavy atom. The van der Waals surface area contributed by atoms with Crippen LogP contribution in [-0.4, -0.2) is 54.9 Å². The lowest BCUT2D eigenvalue weighted by Crippen LogP contribution is -2.50. The molecular weight excluding hydrogens is 260 g/mol. The summed E-state index contributed by atoms with van der Waals surface area (Å²) in [6.07, 6.45) is 2.61. The highest BCUT2D eigenvalue weighted by atomic mass is 16.5. The number of carboxylic acids is 1. The number of nitrogens with one attached hydrogen (secondary N) is 1. The van der Waals surface area contributed by atoms with E-state index in [1.54, 1.807) is 11.9 Å². The molecule has 0 saturated carbocycles. The van der Waals surface area contributed by atoms with E-state index in [1.165, 1.54) is 0 Å². The van der Waals surface area contributed by atoms with Gasteiger partial charge in [-0.2, -0.15) is 0 Å². The van der Waals surface area contributed by atoms with Gasteiger partial charge < -0.3 is 20.1 Å². The van der Waals surface area contributed by atoms with Crippen molar-refractivity contribution in [3.63, 3.8) is 0 Å². The summed E-state index contributed by atoms with van der Waals surface area (Å²) in [5, 5.41) is 11.8. The molecule has 0 spiro atoms. The third kappa shape index (κ3) is 5.00. The molecule has 1 aliphatic heterocycles. The molecule has 1 heterocycles. The number of rotatable bonds is 6. The number of amides is 2. The number of ether oxygens (including phenoxy) is 1. The number of hydrogen-bond donors (Lipinski definition) is 2. The molecule has 1 saturated heterocycles. The molecule has 2 amide bonds. The number of urea groups is 1. The van der Waals surface area contributed by atoms with Crippen molar-refractivity contribution >= 4 is 12.0 Å². The Labute approximate surface area is 120 Å². The van der Waals surface area contributed by atoms with E-state index in [1.807, 2.05) is 13.8 Å². The average molecular weight is 286 g/mol. The summed E-state index contributed by atoms with van der Waals surface area (Å²) in [4.78, 5) is 24.8. The minimum atomic E-state index is -0.979. The van der Waals surface area contributed by atoms with Gasteiger partial charge in [-0.05, 0) is 24.7 Å². The van der Waals surface area contributed by atoms with E-state index >= 15 is 0 Å². The molecule has 0 aliphatic carbocycles. The lowest BCUT2D eigenvalue weighted by atomic mass is 9.99. The molecule has 1 aliphatic rings. The highest BCUT2D eigenvalue weighted by Crippen LogP contribution is 2.16. The van der Waals surface area contributed by atoms with Gasteiger partial charge >= 0.3 is 12.0 Å². The number of carbonyl (C=O) groups excluding carboxylic acids is 1. The quantitative estimate of drug-likeness (QED) is 0.776. The van der Waals surface area contributed by atoms with Crippen LogP contribution >= 0.6 is 0 Å². The van der Waals surface area contributed by atoms with Gasteiger partial charge in [-0.1, -0.05) is 20.3 Å². The van der Waals surface area contributed by atoms with Crippen molar-refractivity contribution in [2.45, 2.75) is 39.2 Å². The summed E-state index contributed by atoms with van der Waals surface area (Å²) in [7, 11) is 1.71. The van der Waals surface area contributed by atoms with Crippen LogP contribution in [0.25, 0.3) is 0 Å². The zero-order valence-corrected chi connectivity index (χ0v) is 12.6. The normalized spacial score (nSPS) is 19.1. The van der Waals surface area contributed by atoms with Gasteiger partial charge in [-0.3, -0.25) is 0 Å². The van der Waals surface area contributed by atoms with Crippen molar-refractivity contribution in [2.75, 3.05) is 26.8 Å². The van der Waals surface area contributed by atoms with E-state index in [9.17, 15) is 14.7 Å². The fourth-order valence-electron chi connectivity index (χ4n) is 2.33. The molecule has 2 N–H and O–H groups in total. The first-order chi connectivity index (χ1) is 9.45. The smallest absolute Gasteiger partial charge is 0.326 e. The molecule has 1 fully saturated rings. The zero-order chi connectivity index (χ0) is 15.1. The lowest BCUT2D eigenvalue weighted by Gasteiger charge is -2.29. The lowest BCUT2D eigenvalue weighted by molar-refractivity contribution is -0.140. The standard InChI is InChI=1S/C14H26N2O4/c1-4-10(2)12(13(17)18)15-14(19)16(3)9-11-5-7-20-8-6-11/h10-12H,4-9H2,1-3H3,(H,15,19)(H,17,18). The van der Waals surface area contributed by atoms with Crippen LogP contribution in [0, 0.1) is 11.8 Å².